The van der Waals surface area contributed by atoms with Gasteiger partial charge in [-0.3, -0.25) is 4.79 Å². The molecule has 19 heavy (non-hydrogen) atoms. The molecule has 1 N–H and O–H groups in total. The first-order valence-corrected chi connectivity index (χ1v) is 8.45. The molecule has 1 fully saturated rings. The SMILES string of the molecule is CCCCCCCCCCCCCC1(C(=O)O)CC1. The van der Waals surface area contributed by atoms with Crippen LogP contribution in [0, 0.1) is 5.41 Å². The number of unbranched alkanes of at least 4 members (excludes halogenated alkanes) is 10. The smallest absolute Gasteiger partial charge is 0.309 e. The van der Waals surface area contributed by atoms with E-state index in [0.29, 0.717) is 0 Å². The highest BCUT2D eigenvalue weighted by molar-refractivity contribution is 5.77. The van der Waals surface area contributed by atoms with Gasteiger partial charge in [-0.05, 0) is 19.3 Å². The molecule has 0 aromatic heterocycles. The molecule has 0 saturated heterocycles. The van der Waals surface area contributed by atoms with Crippen molar-refractivity contribution in [1.29, 1.82) is 0 Å². The van der Waals surface area contributed by atoms with Crippen LogP contribution >= 0.6 is 0 Å². The minimum Gasteiger partial charge on any atom is -0.481 e. The van der Waals surface area contributed by atoms with Crippen molar-refractivity contribution in [2.75, 3.05) is 0 Å². The Bertz CT molecular complexity index is 244. The van der Waals surface area contributed by atoms with Crippen molar-refractivity contribution in [3.63, 3.8) is 0 Å². The Morgan fingerprint density at radius 3 is 1.63 bits per heavy atom. The summed E-state index contributed by atoms with van der Waals surface area (Å²) in [5.41, 5.74) is -0.292. The van der Waals surface area contributed by atoms with E-state index in [2.05, 4.69) is 6.92 Å². The van der Waals surface area contributed by atoms with Crippen molar-refractivity contribution in [1.82, 2.24) is 0 Å². The Kier molecular flexibility index (Phi) is 8.16. The zero-order valence-corrected chi connectivity index (χ0v) is 12.8. The Hall–Kier alpha value is -0.530. The topological polar surface area (TPSA) is 37.3 Å². The number of rotatable bonds is 13. The summed E-state index contributed by atoms with van der Waals surface area (Å²) in [6, 6.07) is 0. The second-order valence-electron chi connectivity index (χ2n) is 6.37. The van der Waals surface area contributed by atoms with Crippen molar-refractivity contribution in [2.24, 2.45) is 5.41 Å². The van der Waals surface area contributed by atoms with Crippen LogP contribution in [0.1, 0.15) is 96.8 Å². The van der Waals surface area contributed by atoms with Gasteiger partial charge in [-0.25, -0.2) is 0 Å². The lowest BCUT2D eigenvalue weighted by Gasteiger charge is -2.08. The van der Waals surface area contributed by atoms with Crippen LogP contribution in [0.3, 0.4) is 0 Å². The van der Waals surface area contributed by atoms with Crippen LogP contribution < -0.4 is 0 Å². The summed E-state index contributed by atoms with van der Waals surface area (Å²) in [5.74, 6) is -0.556. The fourth-order valence-corrected chi connectivity index (χ4v) is 2.85. The number of hydrogen-bond donors (Lipinski definition) is 1. The molecule has 0 aromatic carbocycles. The Morgan fingerprint density at radius 2 is 1.26 bits per heavy atom. The average Bonchev–Trinajstić information content (AvgIpc) is 3.17. The fraction of sp³-hybridized carbons (Fsp3) is 0.941. The number of carboxylic acids is 1. The first kappa shape index (κ1) is 16.5. The predicted molar refractivity (Wildman–Crippen MR) is 80.4 cm³/mol. The molecule has 0 atom stereocenters. The summed E-state index contributed by atoms with van der Waals surface area (Å²) < 4.78 is 0. The van der Waals surface area contributed by atoms with Crippen LogP contribution in [0.25, 0.3) is 0 Å². The van der Waals surface area contributed by atoms with Gasteiger partial charge >= 0.3 is 5.97 Å². The summed E-state index contributed by atoms with van der Waals surface area (Å²) in [6.07, 6.45) is 17.4. The van der Waals surface area contributed by atoms with Crippen LogP contribution in [-0.4, -0.2) is 11.1 Å². The lowest BCUT2D eigenvalue weighted by Crippen LogP contribution is -2.14. The Balaban J connectivity index is 1.78. The van der Waals surface area contributed by atoms with Crippen molar-refractivity contribution in [3.8, 4) is 0 Å². The van der Waals surface area contributed by atoms with Crippen LogP contribution in [0.4, 0.5) is 0 Å². The van der Waals surface area contributed by atoms with Gasteiger partial charge in [0.15, 0.2) is 0 Å². The molecule has 2 nitrogen and oxygen atoms in total. The van der Waals surface area contributed by atoms with E-state index in [1.165, 1.54) is 64.2 Å². The predicted octanol–water partition coefficient (Wildman–Crippen LogP) is 5.55. The van der Waals surface area contributed by atoms with Crippen molar-refractivity contribution < 1.29 is 9.90 Å². The molecular weight excluding hydrogens is 236 g/mol. The lowest BCUT2D eigenvalue weighted by atomic mass is 9.97. The molecule has 0 heterocycles. The van der Waals surface area contributed by atoms with E-state index in [-0.39, 0.29) is 5.41 Å². The normalized spacial score (nSPS) is 16.5. The molecule has 1 aliphatic carbocycles. The number of aliphatic carboxylic acids is 1. The molecule has 2 heteroatoms. The van der Waals surface area contributed by atoms with E-state index in [1.807, 2.05) is 0 Å². The molecule has 0 aromatic rings. The van der Waals surface area contributed by atoms with Gasteiger partial charge in [-0.1, -0.05) is 77.6 Å². The molecule has 0 amide bonds. The van der Waals surface area contributed by atoms with Gasteiger partial charge in [-0.2, -0.15) is 0 Å². The van der Waals surface area contributed by atoms with Crippen molar-refractivity contribution in [3.05, 3.63) is 0 Å². The van der Waals surface area contributed by atoms with Crippen LogP contribution in [0.15, 0.2) is 0 Å². The highest BCUT2D eigenvalue weighted by Gasteiger charge is 2.49. The molecule has 1 saturated carbocycles. The zero-order chi connectivity index (χ0) is 14.0. The molecule has 1 aliphatic rings. The summed E-state index contributed by atoms with van der Waals surface area (Å²) in [5, 5.41) is 9.07. The van der Waals surface area contributed by atoms with E-state index in [0.717, 1.165) is 25.7 Å². The number of carboxylic acid groups (broad SMARTS) is 1. The molecule has 0 aliphatic heterocycles. The van der Waals surface area contributed by atoms with Crippen LogP contribution in [0.2, 0.25) is 0 Å². The minimum atomic E-state index is -0.556. The van der Waals surface area contributed by atoms with Gasteiger partial charge in [0.25, 0.3) is 0 Å². The highest BCUT2D eigenvalue weighted by Crippen LogP contribution is 2.50. The quantitative estimate of drug-likeness (QED) is 0.444. The van der Waals surface area contributed by atoms with Gasteiger partial charge in [0.2, 0.25) is 0 Å². The third-order valence-corrected chi connectivity index (χ3v) is 4.57. The standard InChI is InChI=1S/C17H32O2/c1-2-3-4-5-6-7-8-9-10-11-12-13-17(14-15-17)16(18)19/h2-15H2,1H3,(H,18,19). The summed E-state index contributed by atoms with van der Waals surface area (Å²) in [4.78, 5) is 11.0. The van der Waals surface area contributed by atoms with E-state index in [4.69, 9.17) is 5.11 Å². The minimum absolute atomic E-state index is 0.292. The third-order valence-electron chi connectivity index (χ3n) is 4.57. The average molecular weight is 268 g/mol. The second-order valence-corrected chi connectivity index (χ2v) is 6.37. The third kappa shape index (κ3) is 6.98. The summed E-state index contributed by atoms with van der Waals surface area (Å²) >= 11 is 0. The van der Waals surface area contributed by atoms with Gasteiger partial charge in [0.1, 0.15) is 0 Å². The van der Waals surface area contributed by atoms with Crippen molar-refractivity contribution >= 4 is 5.97 Å². The summed E-state index contributed by atoms with van der Waals surface area (Å²) in [7, 11) is 0. The Labute approximate surface area is 119 Å². The largest absolute Gasteiger partial charge is 0.481 e. The first-order valence-electron chi connectivity index (χ1n) is 8.45. The van der Waals surface area contributed by atoms with E-state index in [1.54, 1.807) is 0 Å². The molecule has 0 unspecified atom stereocenters. The van der Waals surface area contributed by atoms with Gasteiger partial charge in [0.05, 0.1) is 5.41 Å². The molecule has 112 valence electrons. The maximum atomic E-state index is 11.0. The maximum absolute atomic E-state index is 11.0. The van der Waals surface area contributed by atoms with Gasteiger partial charge in [-0.15, -0.1) is 0 Å². The molecule has 0 bridgehead atoms. The molecule has 1 rings (SSSR count). The molecule has 0 radical (unpaired) electrons. The monoisotopic (exact) mass is 268 g/mol. The van der Waals surface area contributed by atoms with Crippen LogP contribution in [-0.2, 0) is 4.79 Å². The maximum Gasteiger partial charge on any atom is 0.309 e. The van der Waals surface area contributed by atoms with Crippen molar-refractivity contribution in [2.45, 2.75) is 96.8 Å². The first-order chi connectivity index (χ1) is 9.21. The number of hydrogen-bond acceptors (Lipinski definition) is 1. The van der Waals surface area contributed by atoms with Gasteiger partial charge < -0.3 is 5.11 Å². The zero-order valence-electron chi connectivity index (χ0n) is 12.8. The van der Waals surface area contributed by atoms with E-state index < -0.39 is 5.97 Å². The second kappa shape index (κ2) is 9.39. The molecular formula is C17H32O2. The number of carbonyl (C=O) groups is 1. The van der Waals surface area contributed by atoms with Crippen LogP contribution in [0.5, 0.6) is 0 Å². The lowest BCUT2D eigenvalue weighted by molar-refractivity contribution is -0.143. The van der Waals surface area contributed by atoms with E-state index >= 15 is 0 Å². The fourth-order valence-electron chi connectivity index (χ4n) is 2.85. The Morgan fingerprint density at radius 1 is 0.842 bits per heavy atom. The van der Waals surface area contributed by atoms with Gasteiger partial charge in [0, 0.05) is 0 Å². The highest BCUT2D eigenvalue weighted by atomic mass is 16.4. The molecule has 0 spiro atoms. The summed E-state index contributed by atoms with van der Waals surface area (Å²) in [6.45, 7) is 2.26. The van der Waals surface area contributed by atoms with E-state index in [9.17, 15) is 4.79 Å².